The third-order valence-electron chi connectivity index (χ3n) is 3.66. The molecule has 7 heteroatoms. The summed E-state index contributed by atoms with van der Waals surface area (Å²) in [6, 6.07) is 3.20. The second kappa shape index (κ2) is 4.29. The minimum atomic E-state index is -3.33. The fourth-order valence-electron chi connectivity index (χ4n) is 1.75. The number of sulfone groups is 1. The fraction of sp³-hybridized carbons (Fsp3) is 0.583. The molecule has 104 valence electrons. The van der Waals surface area contributed by atoms with Crippen LogP contribution in [0.5, 0.6) is 0 Å². The maximum absolute atomic E-state index is 11.5. The van der Waals surface area contributed by atoms with Crippen molar-refractivity contribution in [2.75, 3.05) is 6.26 Å². The summed E-state index contributed by atoms with van der Waals surface area (Å²) in [5, 5.41) is 0.0275. The van der Waals surface area contributed by atoms with Gasteiger partial charge in [-0.25, -0.2) is 13.4 Å². The van der Waals surface area contributed by atoms with E-state index in [1.54, 1.807) is 6.07 Å². The van der Waals surface area contributed by atoms with E-state index in [0.717, 1.165) is 6.26 Å². The van der Waals surface area contributed by atoms with Crippen LogP contribution >= 0.6 is 0 Å². The van der Waals surface area contributed by atoms with Crippen LogP contribution in [0.2, 0.25) is 0 Å². The van der Waals surface area contributed by atoms with Crippen molar-refractivity contribution < 1.29 is 17.7 Å². The molecule has 0 N–H and O–H groups in total. The fourth-order valence-corrected chi connectivity index (χ4v) is 2.36. The van der Waals surface area contributed by atoms with E-state index in [1.165, 1.54) is 12.3 Å². The van der Waals surface area contributed by atoms with Crippen molar-refractivity contribution in [1.29, 1.82) is 0 Å². The Hall–Kier alpha value is -0.915. The topological polar surface area (TPSA) is 65.5 Å². The SMILES string of the molecule is CC1(C)OB(c2ccnc(S(C)(=O)=O)c2)OC1(C)C. The first-order valence-electron chi connectivity index (χ1n) is 6.05. The molecule has 0 radical (unpaired) electrons. The summed E-state index contributed by atoms with van der Waals surface area (Å²) in [5.74, 6) is 0. The van der Waals surface area contributed by atoms with Gasteiger partial charge in [0.2, 0.25) is 0 Å². The molecule has 19 heavy (non-hydrogen) atoms. The van der Waals surface area contributed by atoms with Gasteiger partial charge in [0.25, 0.3) is 0 Å². The summed E-state index contributed by atoms with van der Waals surface area (Å²) in [7, 11) is -3.91. The quantitative estimate of drug-likeness (QED) is 0.751. The van der Waals surface area contributed by atoms with Crippen molar-refractivity contribution >= 4 is 22.4 Å². The van der Waals surface area contributed by atoms with Gasteiger partial charge >= 0.3 is 7.12 Å². The van der Waals surface area contributed by atoms with Crippen LogP contribution in [-0.2, 0) is 19.1 Å². The molecule has 1 aliphatic heterocycles. The van der Waals surface area contributed by atoms with Crippen LogP contribution in [0.4, 0.5) is 0 Å². The molecule has 0 aromatic carbocycles. The van der Waals surface area contributed by atoms with Crippen molar-refractivity contribution in [2.24, 2.45) is 0 Å². The van der Waals surface area contributed by atoms with Gasteiger partial charge in [0.1, 0.15) is 0 Å². The Kier molecular flexibility index (Phi) is 3.28. The summed E-state index contributed by atoms with van der Waals surface area (Å²) < 4.78 is 34.8. The molecule has 5 nitrogen and oxygen atoms in total. The highest BCUT2D eigenvalue weighted by Crippen LogP contribution is 2.36. The monoisotopic (exact) mass is 283 g/mol. The summed E-state index contributed by atoms with van der Waals surface area (Å²) >= 11 is 0. The largest absolute Gasteiger partial charge is 0.494 e. The molecule has 0 spiro atoms. The van der Waals surface area contributed by atoms with Gasteiger partial charge in [0.05, 0.1) is 11.2 Å². The third-order valence-corrected chi connectivity index (χ3v) is 4.65. The van der Waals surface area contributed by atoms with Gasteiger partial charge in [-0.15, -0.1) is 0 Å². The molecule has 0 amide bonds. The van der Waals surface area contributed by atoms with Gasteiger partial charge in [0, 0.05) is 12.5 Å². The van der Waals surface area contributed by atoms with Crippen molar-refractivity contribution in [3.63, 3.8) is 0 Å². The molecule has 1 aliphatic rings. The lowest BCUT2D eigenvalue weighted by molar-refractivity contribution is 0.00578. The van der Waals surface area contributed by atoms with Gasteiger partial charge in [-0.05, 0) is 45.3 Å². The Bertz CT molecular complexity index is 582. The Morgan fingerprint density at radius 2 is 1.68 bits per heavy atom. The van der Waals surface area contributed by atoms with Gasteiger partial charge in [0.15, 0.2) is 14.9 Å². The maximum Gasteiger partial charge on any atom is 0.494 e. The van der Waals surface area contributed by atoms with Gasteiger partial charge in [-0.2, -0.15) is 0 Å². The molecule has 0 saturated carbocycles. The lowest BCUT2D eigenvalue weighted by Crippen LogP contribution is -2.41. The second-order valence-electron chi connectivity index (χ2n) is 5.79. The Balaban J connectivity index is 2.36. The number of rotatable bonds is 2. The summed E-state index contributed by atoms with van der Waals surface area (Å²) in [4.78, 5) is 3.86. The van der Waals surface area contributed by atoms with Crippen LogP contribution < -0.4 is 5.46 Å². The average Bonchev–Trinajstić information content (AvgIpc) is 2.47. The number of hydrogen-bond donors (Lipinski definition) is 0. The first-order valence-corrected chi connectivity index (χ1v) is 7.94. The zero-order valence-corrected chi connectivity index (χ0v) is 12.6. The minimum absolute atomic E-state index is 0.0275. The van der Waals surface area contributed by atoms with E-state index >= 15 is 0 Å². The highest BCUT2D eigenvalue weighted by molar-refractivity contribution is 7.90. The van der Waals surface area contributed by atoms with E-state index in [1.807, 2.05) is 27.7 Å². The Morgan fingerprint density at radius 1 is 1.16 bits per heavy atom. The Morgan fingerprint density at radius 3 is 2.16 bits per heavy atom. The van der Waals surface area contributed by atoms with Crippen molar-refractivity contribution in [3.05, 3.63) is 18.3 Å². The first kappa shape index (κ1) is 14.5. The second-order valence-corrected chi connectivity index (χ2v) is 7.75. The highest BCUT2D eigenvalue weighted by Gasteiger charge is 2.51. The molecule has 0 aliphatic carbocycles. The molecule has 1 saturated heterocycles. The molecular weight excluding hydrogens is 265 g/mol. The maximum atomic E-state index is 11.5. The van der Waals surface area contributed by atoms with Gasteiger partial charge < -0.3 is 9.31 Å². The standard InChI is InChI=1S/C12H18BNO4S/c1-11(2)12(3,4)18-13(17-11)9-6-7-14-10(8-9)19(5,15)16/h6-8H,1-5H3. The van der Waals surface area contributed by atoms with E-state index in [-0.39, 0.29) is 5.03 Å². The van der Waals surface area contributed by atoms with Crippen LogP contribution in [0.1, 0.15) is 27.7 Å². The van der Waals surface area contributed by atoms with Crippen LogP contribution in [0.15, 0.2) is 23.4 Å². The smallest absolute Gasteiger partial charge is 0.399 e. The van der Waals surface area contributed by atoms with Crippen molar-refractivity contribution in [1.82, 2.24) is 4.98 Å². The Labute approximate surface area is 114 Å². The van der Waals surface area contributed by atoms with E-state index in [9.17, 15) is 8.42 Å². The van der Waals surface area contributed by atoms with Gasteiger partial charge in [-0.1, -0.05) is 0 Å². The molecule has 2 rings (SSSR count). The predicted molar refractivity (Wildman–Crippen MR) is 73.1 cm³/mol. The van der Waals surface area contributed by atoms with Crippen LogP contribution in [0.25, 0.3) is 0 Å². The van der Waals surface area contributed by atoms with E-state index in [2.05, 4.69) is 4.98 Å². The minimum Gasteiger partial charge on any atom is -0.399 e. The van der Waals surface area contributed by atoms with Crippen LogP contribution in [0, 0.1) is 0 Å². The number of aromatic nitrogens is 1. The molecule has 1 aromatic rings. The zero-order valence-electron chi connectivity index (χ0n) is 11.8. The highest BCUT2D eigenvalue weighted by atomic mass is 32.2. The summed E-state index contributed by atoms with van der Waals surface area (Å²) in [6.07, 6.45) is 2.58. The normalized spacial score (nSPS) is 21.6. The molecule has 0 unspecified atom stereocenters. The molecule has 1 aromatic heterocycles. The number of hydrogen-bond acceptors (Lipinski definition) is 5. The summed E-state index contributed by atoms with van der Waals surface area (Å²) in [5.41, 5.74) is -0.243. The van der Waals surface area contributed by atoms with Crippen molar-refractivity contribution in [3.8, 4) is 0 Å². The molecular formula is C12H18BNO4S. The van der Waals surface area contributed by atoms with E-state index < -0.39 is 28.2 Å². The summed E-state index contributed by atoms with van der Waals surface area (Å²) in [6.45, 7) is 7.80. The lowest BCUT2D eigenvalue weighted by Gasteiger charge is -2.32. The molecule has 0 atom stereocenters. The first-order chi connectivity index (χ1) is 8.53. The van der Waals surface area contributed by atoms with Gasteiger partial charge in [-0.3, -0.25) is 0 Å². The van der Waals surface area contributed by atoms with E-state index in [4.69, 9.17) is 9.31 Å². The lowest BCUT2D eigenvalue weighted by atomic mass is 9.80. The molecule has 0 bridgehead atoms. The van der Waals surface area contributed by atoms with E-state index in [0.29, 0.717) is 5.46 Å². The number of nitrogens with zero attached hydrogens (tertiary/aromatic N) is 1. The molecule has 2 heterocycles. The number of pyridine rings is 1. The van der Waals surface area contributed by atoms with Crippen LogP contribution in [0.3, 0.4) is 0 Å². The van der Waals surface area contributed by atoms with Crippen molar-refractivity contribution in [2.45, 2.75) is 43.9 Å². The third kappa shape index (κ3) is 2.68. The average molecular weight is 283 g/mol. The van der Waals surface area contributed by atoms with Crippen LogP contribution in [-0.4, -0.2) is 38.0 Å². The zero-order chi connectivity index (χ0) is 14.5. The predicted octanol–water partition coefficient (Wildman–Crippen LogP) is 0.784. The molecule has 1 fully saturated rings.